The summed E-state index contributed by atoms with van der Waals surface area (Å²) in [6, 6.07) is 4.32. The van der Waals surface area contributed by atoms with Crippen LogP contribution < -0.4 is 5.32 Å². The van der Waals surface area contributed by atoms with E-state index in [1.165, 1.54) is 5.56 Å². The number of hydrogen-bond donors (Lipinski definition) is 1. The van der Waals surface area contributed by atoms with Gasteiger partial charge in [0.05, 0.1) is 5.69 Å². The minimum atomic E-state index is 0.995. The van der Waals surface area contributed by atoms with Crippen LogP contribution in [-0.2, 0) is 13.0 Å². The smallest absolute Gasteiger partial charge is 0.136 e. The lowest BCUT2D eigenvalue weighted by Gasteiger charge is -2.27. The van der Waals surface area contributed by atoms with Gasteiger partial charge in [0.15, 0.2) is 0 Å². The van der Waals surface area contributed by atoms with E-state index in [9.17, 15) is 0 Å². The van der Waals surface area contributed by atoms with E-state index in [0.29, 0.717) is 0 Å². The Morgan fingerprint density at radius 2 is 2.06 bits per heavy atom. The molecule has 4 heteroatoms. The highest BCUT2D eigenvalue weighted by molar-refractivity contribution is 5.41. The molecule has 2 aromatic heterocycles. The predicted octanol–water partition coefficient (Wildman–Crippen LogP) is 1.30. The first-order chi connectivity index (χ1) is 8.85. The highest BCUT2D eigenvalue weighted by Crippen LogP contribution is 2.10. The van der Waals surface area contributed by atoms with Gasteiger partial charge in [0, 0.05) is 45.1 Å². The zero-order chi connectivity index (χ0) is 12.4. The van der Waals surface area contributed by atoms with Crippen molar-refractivity contribution in [3.05, 3.63) is 35.8 Å². The van der Waals surface area contributed by atoms with E-state index in [-0.39, 0.29) is 0 Å². The molecule has 1 aliphatic heterocycles. The van der Waals surface area contributed by atoms with Crippen LogP contribution in [0.15, 0.2) is 24.5 Å². The first kappa shape index (κ1) is 11.7. The average molecular weight is 244 g/mol. The molecule has 1 saturated heterocycles. The molecule has 0 unspecified atom stereocenters. The van der Waals surface area contributed by atoms with Crippen molar-refractivity contribution in [1.82, 2.24) is 19.6 Å². The number of hydrogen-bond acceptors (Lipinski definition) is 3. The Balaban J connectivity index is 1.79. The van der Waals surface area contributed by atoms with Crippen molar-refractivity contribution in [2.24, 2.45) is 0 Å². The Kier molecular flexibility index (Phi) is 3.30. The summed E-state index contributed by atoms with van der Waals surface area (Å²) in [5, 5.41) is 3.38. The molecule has 3 heterocycles. The van der Waals surface area contributed by atoms with Crippen molar-refractivity contribution >= 4 is 5.65 Å². The number of pyridine rings is 1. The summed E-state index contributed by atoms with van der Waals surface area (Å²) < 4.78 is 2.15. The Hall–Kier alpha value is -1.39. The van der Waals surface area contributed by atoms with Crippen LogP contribution in [0.2, 0.25) is 0 Å². The topological polar surface area (TPSA) is 32.6 Å². The zero-order valence-corrected chi connectivity index (χ0v) is 10.9. The van der Waals surface area contributed by atoms with Crippen molar-refractivity contribution in [3.63, 3.8) is 0 Å². The van der Waals surface area contributed by atoms with Gasteiger partial charge in [-0.1, -0.05) is 13.0 Å². The van der Waals surface area contributed by atoms with Gasteiger partial charge in [0.25, 0.3) is 0 Å². The summed E-state index contributed by atoms with van der Waals surface area (Å²) in [5.74, 6) is 0. The van der Waals surface area contributed by atoms with Gasteiger partial charge in [-0.3, -0.25) is 4.90 Å². The number of aryl methyl sites for hydroxylation is 1. The van der Waals surface area contributed by atoms with Gasteiger partial charge >= 0.3 is 0 Å². The molecule has 0 atom stereocenters. The largest absolute Gasteiger partial charge is 0.314 e. The highest BCUT2D eigenvalue weighted by atomic mass is 15.2. The molecule has 2 aromatic rings. The van der Waals surface area contributed by atoms with E-state index in [2.05, 4.69) is 51.1 Å². The van der Waals surface area contributed by atoms with E-state index < -0.39 is 0 Å². The standard InChI is InChI=1S/C14H20N4/c1-2-13-11-18-10-12(3-4-14(18)16-13)9-17-7-5-15-6-8-17/h3-4,10-11,15H,2,5-9H2,1H3. The number of nitrogens with zero attached hydrogens (tertiary/aromatic N) is 3. The second-order valence-electron chi connectivity index (χ2n) is 4.91. The minimum Gasteiger partial charge on any atom is -0.314 e. The number of aromatic nitrogens is 2. The molecular formula is C14H20N4. The summed E-state index contributed by atoms with van der Waals surface area (Å²) in [7, 11) is 0. The molecule has 3 rings (SSSR count). The minimum absolute atomic E-state index is 0.995. The highest BCUT2D eigenvalue weighted by Gasteiger charge is 2.10. The van der Waals surface area contributed by atoms with Crippen LogP contribution >= 0.6 is 0 Å². The van der Waals surface area contributed by atoms with Gasteiger partial charge in [0.2, 0.25) is 0 Å². The Morgan fingerprint density at radius 3 is 2.83 bits per heavy atom. The van der Waals surface area contributed by atoms with Gasteiger partial charge in [-0.15, -0.1) is 0 Å². The first-order valence-electron chi connectivity index (χ1n) is 6.75. The first-order valence-corrected chi connectivity index (χ1v) is 6.75. The second kappa shape index (κ2) is 5.08. The molecule has 0 aromatic carbocycles. The van der Waals surface area contributed by atoms with Gasteiger partial charge in [-0.25, -0.2) is 4.98 Å². The molecule has 0 bridgehead atoms. The zero-order valence-electron chi connectivity index (χ0n) is 10.9. The van der Waals surface area contributed by atoms with Crippen molar-refractivity contribution in [2.75, 3.05) is 26.2 Å². The molecule has 96 valence electrons. The predicted molar refractivity (Wildman–Crippen MR) is 72.7 cm³/mol. The van der Waals surface area contributed by atoms with E-state index in [1.54, 1.807) is 0 Å². The molecule has 18 heavy (non-hydrogen) atoms. The van der Waals surface area contributed by atoms with Crippen LogP contribution in [0.4, 0.5) is 0 Å². The summed E-state index contributed by atoms with van der Waals surface area (Å²) in [6.45, 7) is 7.67. The molecule has 4 nitrogen and oxygen atoms in total. The van der Waals surface area contributed by atoms with Crippen molar-refractivity contribution in [1.29, 1.82) is 0 Å². The number of fused-ring (bicyclic) bond motifs is 1. The van der Waals surface area contributed by atoms with Crippen LogP contribution in [0.3, 0.4) is 0 Å². The third-order valence-corrected chi connectivity index (χ3v) is 3.54. The van der Waals surface area contributed by atoms with E-state index in [4.69, 9.17) is 0 Å². The molecule has 0 spiro atoms. The summed E-state index contributed by atoms with van der Waals surface area (Å²) in [5.41, 5.74) is 3.58. The molecule has 0 amide bonds. The van der Waals surface area contributed by atoms with Gasteiger partial charge in [-0.05, 0) is 18.1 Å². The third-order valence-electron chi connectivity index (χ3n) is 3.54. The molecule has 0 saturated carbocycles. The molecule has 1 fully saturated rings. The van der Waals surface area contributed by atoms with Gasteiger partial charge < -0.3 is 9.72 Å². The molecule has 1 aliphatic rings. The summed E-state index contributed by atoms with van der Waals surface area (Å²) in [6.07, 6.45) is 5.34. The van der Waals surface area contributed by atoms with Crippen LogP contribution in [-0.4, -0.2) is 40.5 Å². The maximum Gasteiger partial charge on any atom is 0.136 e. The van der Waals surface area contributed by atoms with Crippen molar-refractivity contribution < 1.29 is 0 Å². The van der Waals surface area contributed by atoms with E-state index in [1.807, 2.05) is 0 Å². The van der Waals surface area contributed by atoms with Crippen LogP contribution in [0.25, 0.3) is 5.65 Å². The maximum atomic E-state index is 4.56. The quantitative estimate of drug-likeness (QED) is 0.883. The lowest BCUT2D eigenvalue weighted by molar-refractivity contribution is 0.233. The van der Waals surface area contributed by atoms with E-state index in [0.717, 1.165) is 50.5 Å². The fourth-order valence-corrected chi connectivity index (χ4v) is 2.48. The normalized spacial score (nSPS) is 17.4. The molecule has 0 radical (unpaired) electrons. The average Bonchev–Trinajstić information content (AvgIpc) is 2.82. The van der Waals surface area contributed by atoms with Crippen molar-refractivity contribution in [3.8, 4) is 0 Å². The Morgan fingerprint density at radius 1 is 1.22 bits per heavy atom. The number of nitrogens with one attached hydrogen (secondary N) is 1. The monoisotopic (exact) mass is 244 g/mol. The maximum absolute atomic E-state index is 4.56. The van der Waals surface area contributed by atoms with E-state index >= 15 is 0 Å². The second-order valence-corrected chi connectivity index (χ2v) is 4.91. The van der Waals surface area contributed by atoms with Gasteiger partial charge in [-0.2, -0.15) is 0 Å². The fraction of sp³-hybridized carbons (Fsp3) is 0.500. The Bertz CT molecular complexity index is 526. The van der Waals surface area contributed by atoms with Crippen LogP contribution in [0, 0.1) is 0 Å². The lowest BCUT2D eigenvalue weighted by Crippen LogP contribution is -2.42. The Labute approximate surface area is 108 Å². The van der Waals surface area contributed by atoms with Gasteiger partial charge in [0.1, 0.15) is 5.65 Å². The number of imidazole rings is 1. The SMILES string of the molecule is CCc1cn2cc(CN3CCNCC3)ccc2n1. The number of rotatable bonds is 3. The lowest BCUT2D eigenvalue weighted by atomic mass is 10.2. The fourth-order valence-electron chi connectivity index (χ4n) is 2.48. The summed E-state index contributed by atoms with van der Waals surface area (Å²) >= 11 is 0. The number of piperazine rings is 1. The molecular weight excluding hydrogens is 224 g/mol. The molecule has 0 aliphatic carbocycles. The van der Waals surface area contributed by atoms with Crippen LogP contribution in [0.5, 0.6) is 0 Å². The molecule has 1 N–H and O–H groups in total. The third kappa shape index (κ3) is 2.40. The van der Waals surface area contributed by atoms with Crippen molar-refractivity contribution in [2.45, 2.75) is 19.9 Å². The van der Waals surface area contributed by atoms with Crippen LogP contribution in [0.1, 0.15) is 18.2 Å². The summed E-state index contributed by atoms with van der Waals surface area (Å²) in [4.78, 5) is 7.05.